The zero-order chi connectivity index (χ0) is 16.2. The zero-order valence-corrected chi connectivity index (χ0v) is 13.0. The fourth-order valence-electron chi connectivity index (χ4n) is 2.61. The van der Waals surface area contributed by atoms with Crippen molar-refractivity contribution in [1.29, 1.82) is 0 Å². The highest BCUT2D eigenvalue weighted by Crippen LogP contribution is 2.18. The van der Waals surface area contributed by atoms with E-state index in [0.29, 0.717) is 11.7 Å². The van der Waals surface area contributed by atoms with Gasteiger partial charge in [0.15, 0.2) is 0 Å². The van der Waals surface area contributed by atoms with Gasteiger partial charge in [-0.05, 0) is 42.2 Å². The average molecular weight is 313 g/mol. The minimum atomic E-state index is -0.207. The van der Waals surface area contributed by atoms with Crippen LogP contribution >= 0.6 is 0 Å². The number of hydrogen-bond donors (Lipinski definition) is 3. The van der Waals surface area contributed by atoms with Gasteiger partial charge in [0, 0.05) is 18.3 Å². The van der Waals surface area contributed by atoms with E-state index in [1.54, 1.807) is 6.20 Å². The lowest BCUT2D eigenvalue weighted by atomic mass is 10.0. The van der Waals surface area contributed by atoms with E-state index in [4.69, 9.17) is 5.73 Å². The standard InChI is InChI=1S/C17H20FN5/c1-12(8-13-2-4-15(18)5-3-13)11-23-17(19)7-6-16(22-23)14-9-20-21-10-14/h2-7,9-10,12,22H,8,11,19H2,1H3,(H,20,21). The van der Waals surface area contributed by atoms with Gasteiger partial charge in [-0.3, -0.25) is 15.5 Å². The number of hydrazine groups is 1. The van der Waals surface area contributed by atoms with Crippen LogP contribution in [-0.4, -0.2) is 21.8 Å². The predicted octanol–water partition coefficient (Wildman–Crippen LogP) is 2.39. The molecular formula is C17H20FN5. The minimum Gasteiger partial charge on any atom is -0.384 e. The maximum Gasteiger partial charge on any atom is 0.123 e. The Balaban J connectivity index is 1.62. The Morgan fingerprint density at radius 1 is 1.26 bits per heavy atom. The molecule has 0 radical (unpaired) electrons. The molecule has 0 saturated heterocycles. The van der Waals surface area contributed by atoms with Crippen LogP contribution in [0.4, 0.5) is 4.39 Å². The molecule has 0 fully saturated rings. The molecule has 1 unspecified atom stereocenters. The molecule has 0 aliphatic carbocycles. The van der Waals surface area contributed by atoms with Crippen molar-refractivity contribution >= 4 is 5.70 Å². The van der Waals surface area contributed by atoms with Crippen LogP contribution in [0.5, 0.6) is 0 Å². The summed E-state index contributed by atoms with van der Waals surface area (Å²) in [7, 11) is 0. The maximum atomic E-state index is 13.0. The summed E-state index contributed by atoms with van der Waals surface area (Å²) in [6.07, 6.45) is 8.25. The Kier molecular flexibility index (Phi) is 4.32. The molecule has 0 spiro atoms. The summed E-state index contributed by atoms with van der Waals surface area (Å²) in [4.78, 5) is 0. The van der Waals surface area contributed by atoms with Crippen molar-refractivity contribution in [1.82, 2.24) is 20.6 Å². The number of H-pyrrole nitrogens is 1. The Hall–Kier alpha value is -2.76. The van der Waals surface area contributed by atoms with Gasteiger partial charge in [-0.25, -0.2) is 4.39 Å². The summed E-state index contributed by atoms with van der Waals surface area (Å²) < 4.78 is 13.0. The lowest BCUT2D eigenvalue weighted by molar-refractivity contribution is 0.247. The number of benzene rings is 1. The van der Waals surface area contributed by atoms with Gasteiger partial charge in [-0.2, -0.15) is 5.10 Å². The summed E-state index contributed by atoms with van der Waals surface area (Å²) in [6.45, 7) is 2.89. The van der Waals surface area contributed by atoms with E-state index in [2.05, 4.69) is 22.5 Å². The van der Waals surface area contributed by atoms with Crippen molar-refractivity contribution in [2.75, 3.05) is 6.54 Å². The van der Waals surface area contributed by atoms with Gasteiger partial charge in [0.2, 0.25) is 0 Å². The summed E-state index contributed by atoms with van der Waals surface area (Å²) in [6, 6.07) is 6.64. The van der Waals surface area contributed by atoms with Crippen molar-refractivity contribution in [3.05, 3.63) is 71.6 Å². The largest absolute Gasteiger partial charge is 0.384 e. The van der Waals surface area contributed by atoms with Crippen molar-refractivity contribution in [3.8, 4) is 0 Å². The quantitative estimate of drug-likeness (QED) is 0.793. The average Bonchev–Trinajstić information content (AvgIpc) is 3.06. The molecule has 0 amide bonds. The molecule has 1 atom stereocenters. The Labute approximate surface area is 134 Å². The molecule has 6 heteroatoms. The molecule has 1 aromatic heterocycles. The van der Waals surface area contributed by atoms with Crippen molar-refractivity contribution < 1.29 is 4.39 Å². The van der Waals surface area contributed by atoms with E-state index in [1.807, 2.05) is 35.5 Å². The lowest BCUT2D eigenvalue weighted by Crippen LogP contribution is -2.43. The lowest BCUT2D eigenvalue weighted by Gasteiger charge is -2.32. The predicted molar refractivity (Wildman–Crippen MR) is 87.9 cm³/mol. The number of aromatic nitrogens is 2. The third kappa shape index (κ3) is 3.71. The molecule has 2 heterocycles. The Morgan fingerprint density at radius 3 is 2.74 bits per heavy atom. The normalized spacial score (nSPS) is 15.7. The van der Waals surface area contributed by atoms with Crippen LogP contribution in [-0.2, 0) is 6.42 Å². The first-order valence-corrected chi connectivity index (χ1v) is 7.57. The molecular weight excluding hydrogens is 293 g/mol. The van der Waals surface area contributed by atoms with Gasteiger partial charge in [0.1, 0.15) is 11.6 Å². The first-order chi connectivity index (χ1) is 11.1. The van der Waals surface area contributed by atoms with Gasteiger partial charge in [-0.1, -0.05) is 19.1 Å². The van der Waals surface area contributed by atoms with Crippen LogP contribution in [0.25, 0.3) is 5.70 Å². The van der Waals surface area contributed by atoms with E-state index in [1.165, 1.54) is 12.1 Å². The highest BCUT2D eigenvalue weighted by Gasteiger charge is 2.17. The second-order valence-electron chi connectivity index (χ2n) is 5.82. The molecule has 0 bridgehead atoms. The monoisotopic (exact) mass is 313 g/mol. The highest BCUT2D eigenvalue weighted by molar-refractivity contribution is 5.65. The fourth-order valence-corrected chi connectivity index (χ4v) is 2.61. The van der Waals surface area contributed by atoms with E-state index in [-0.39, 0.29) is 5.82 Å². The maximum absolute atomic E-state index is 13.0. The molecule has 23 heavy (non-hydrogen) atoms. The van der Waals surface area contributed by atoms with Gasteiger partial charge in [0.05, 0.1) is 11.9 Å². The first-order valence-electron chi connectivity index (χ1n) is 7.57. The number of aromatic amines is 1. The molecule has 3 rings (SSSR count). The van der Waals surface area contributed by atoms with Crippen molar-refractivity contribution in [2.45, 2.75) is 13.3 Å². The highest BCUT2D eigenvalue weighted by atomic mass is 19.1. The van der Waals surface area contributed by atoms with Gasteiger partial charge < -0.3 is 5.73 Å². The number of hydrogen-bond acceptors (Lipinski definition) is 4. The van der Waals surface area contributed by atoms with Crippen molar-refractivity contribution in [2.24, 2.45) is 11.7 Å². The van der Waals surface area contributed by atoms with Gasteiger partial charge in [0.25, 0.3) is 0 Å². The van der Waals surface area contributed by atoms with E-state index < -0.39 is 0 Å². The van der Waals surface area contributed by atoms with Gasteiger partial charge >= 0.3 is 0 Å². The van der Waals surface area contributed by atoms with Gasteiger partial charge in [-0.15, -0.1) is 0 Å². The Bertz CT molecular complexity index is 703. The third-order valence-electron chi connectivity index (χ3n) is 3.79. The van der Waals surface area contributed by atoms with Crippen LogP contribution in [0, 0.1) is 11.7 Å². The molecule has 5 nitrogen and oxygen atoms in total. The molecule has 1 aliphatic heterocycles. The third-order valence-corrected chi connectivity index (χ3v) is 3.79. The Morgan fingerprint density at radius 2 is 2.04 bits per heavy atom. The molecule has 120 valence electrons. The number of rotatable bonds is 5. The van der Waals surface area contributed by atoms with Crippen LogP contribution in [0.15, 0.2) is 54.6 Å². The van der Waals surface area contributed by atoms with E-state index >= 15 is 0 Å². The second-order valence-corrected chi connectivity index (χ2v) is 5.82. The smallest absolute Gasteiger partial charge is 0.123 e. The van der Waals surface area contributed by atoms with Crippen LogP contribution in [0.3, 0.4) is 0 Å². The summed E-state index contributed by atoms with van der Waals surface area (Å²) in [5.74, 6) is 0.813. The van der Waals surface area contributed by atoms with Crippen LogP contribution in [0.1, 0.15) is 18.1 Å². The van der Waals surface area contributed by atoms with E-state index in [9.17, 15) is 4.39 Å². The summed E-state index contributed by atoms with van der Waals surface area (Å²) >= 11 is 0. The number of halogens is 1. The zero-order valence-electron chi connectivity index (χ0n) is 13.0. The van der Waals surface area contributed by atoms with Crippen LogP contribution < -0.4 is 11.2 Å². The number of nitrogens with one attached hydrogen (secondary N) is 2. The molecule has 4 N–H and O–H groups in total. The molecule has 0 saturated carbocycles. The summed E-state index contributed by atoms with van der Waals surface area (Å²) in [5.41, 5.74) is 12.4. The molecule has 2 aromatic rings. The topological polar surface area (TPSA) is 70.0 Å². The van der Waals surface area contributed by atoms with E-state index in [0.717, 1.165) is 29.8 Å². The fraction of sp³-hybridized carbons (Fsp3) is 0.235. The SMILES string of the molecule is CC(Cc1ccc(F)cc1)CN1NC(c2cn[nH]c2)=CC=C1N. The number of nitrogens with zero attached hydrogens (tertiary/aromatic N) is 2. The number of allylic oxidation sites excluding steroid dienone is 2. The van der Waals surface area contributed by atoms with Crippen LogP contribution in [0.2, 0.25) is 0 Å². The number of nitrogens with two attached hydrogens (primary N) is 1. The first kappa shape index (κ1) is 15.1. The molecule has 1 aromatic carbocycles. The second kappa shape index (κ2) is 6.56. The molecule has 1 aliphatic rings. The summed E-state index contributed by atoms with van der Waals surface area (Å²) in [5, 5.41) is 8.68. The minimum absolute atomic E-state index is 0.207. The van der Waals surface area contributed by atoms with Crippen molar-refractivity contribution in [3.63, 3.8) is 0 Å².